The van der Waals surface area contributed by atoms with Crippen LogP contribution in [-0.2, 0) is 4.74 Å². The molecule has 0 spiro atoms. The summed E-state index contributed by atoms with van der Waals surface area (Å²) in [6.07, 6.45) is 1.03. The van der Waals surface area contributed by atoms with Gasteiger partial charge in [-0.25, -0.2) is 0 Å². The zero-order valence-electron chi connectivity index (χ0n) is 12.0. The number of nitrogens with zero attached hydrogens (tertiary/aromatic N) is 1. The Labute approximate surface area is 128 Å². The molecule has 4 nitrogen and oxygen atoms in total. The minimum Gasteiger partial charge on any atom is -0.398 e. The van der Waals surface area contributed by atoms with Crippen molar-refractivity contribution in [3.63, 3.8) is 0 Å². The zero-order chi connectivity index (χ0) is 14.7. The molecule has 1 fully saturated rings. The Hall–Kier alpha value is -1.07. The maximum absolute atomic E-state index is 12.7. The Morgan fingerprint density at radius 2 is 2.30 bits per heavy atom. The lowest BCUT2D eigenvalue weighted by Crippen LogP contribution is -2.36. The van der Waals surface area contributed by atoms with Crippen LogP contribution in [0.5, 0.6) is 0 Å². The third kappa shape index (κ3) is 3.33. The number of rotatable bonds is 4. The number of hydrogen-bond acceptors (Lipinski definition) is 3. The Morgan fingerprint density at radius 3 is 2.90 bits per heavy atom. The van der Waals surface area contributed by atoms with E-state index in [1.165, 1.54) is 0 Å². The summed E-state index contributed by atoms with van der Waals surface area (Å²) >= 11 is 3.40. The van der Waals surface area contributed by atoms with Gasteiger partial charge < -0.3 is 15.4 Å². The molecule has 0 radical (unpaired) electrons. The third-order valence-corrected chi connectivity index (χ3v) is 4.27. The molecule has 1 amide bonds. The molecule has 110 valence electrons. The van der Waals surface area contributed by atoms with E-state index in [9.17, 15) is 4.79 Å². The van der Waals surface area contributed by atoms with Gasteiger partial charge in [-0.3, -0.25) is 4.79 Å². The van der Waals surface area contributed by atoms with Gasteiger partial charge in [0.2, 0.25) is 0 Å². The van der Waals surface area contributed by atoms with Crippen molar-refractivity contribution >= 4 is 27.5 Å². The first-order valence-corrected chi connectivity index (χ1v) is 7.74. The maximum atomic E-state index is 12.7. The van der Waals surface area contributed by atoms with Crippen LogP contribution in [0.2, 0.25) is 0 Å². The molecule has 1 saturated heterocycles. The fourth-order valence-electron chi connectivity index (χ4n) is 2.49. The molecule has 1 aliphatic heterocycles. The fourth-order valence-corrected chi connectivity index (χ4v) is 2.96. The highest BCUT2D eigenvalue weighted by molar-refractivity contribution is 9.10. The highest BCUT2D eigenvalue weighted by atomic mass is 79.9. The van der Waals surface area contributed by atoms with Gasteiger partial charge in [0.15, 0.2) is 0 Å². The monoisotopic (exact) mass is 340 g/mol. The average molecular weight is 341 g/mol. The van der Waals surface area contributed by atoms with Crippen LogP contribution < -0.4 is 5.73 Å². The molecule has 5 heteroatoms. The van der Waals surface area contributed by atoms with Crippen molar-refractivity contribution in [3.8, 4) is 0 Å². The highest BCUT2D eigenvalue weighted by Crippen LogP contribution is 2.24. The zero-order valence-corrected chi connectivity index (χ0v) is 13.6. The van der Waals surface area contributed by atoms with E-state index in [0.29, 0.717) is 23.7 Å². The van der Waals surface area contributed by atoms with Gasteiger partial charge in [-0.1, -0.05) is 15.9 Å². The van der Waals surface area contributed by atoms with Crippen LogP contribution in [0.3, 0.4) is 0 Å². The molecule has 20 heavy (non-hydrogen) atoms. The van der Waals surface area contributed by atoms with Gasteiger partial charge in [-0.15, -0.1) is 0 Å². The predicted octanol–water partition coefficient (Wildman–Crippen LogP) is 2.84. The Bertz CT molecular complexity index is 499. The summed E-state index contributed by atoms with van der Waals surface area (Å²) in [4.78, 5) is 14.6. The molecule has 1 atom stereocenters. The van der Waals surface area contributed by atoms with Gasteiger partial charge in [-0.05, 0) is 38.0 Å². The van der Waals surface area contributed by atoms with Crippen LogP contribution in [0.15, 0.2) is 16.6 Å². The summed E-state index contributed by atoms with van der Waals surface area (Å²) in [5.41, 5.74) is 8.11. The van der Waals surface area contributed by atoms with Gasteiger partial charge in [0.25, 0.3) is 5.91 Å². The smallest absolute Gasteiger partial charge is 0.254 e. The standard InChI is InChI=1S/C15H21BrN2O2/c1-3-18(8-11-4-5-20-9-11)15(19)13-6-12(16)7-14(17)10(13)2/h6-7,11H,3-5,8-9,17H2,1-2H3. The topological polar surface area (TPSA) is 55.6 Å². The molecule has 1 heterocycles. The Balaban J connectivity index is 2.19. The summed E-state index contributed by atoms with van der Waals surface area (Å²) < 4.78 is 6.22. The van der Waals surface area contributed by atoms with Gasteiger partial charge in [-0.2, -0.15) is 0 Å². The van der Waals surface area contributed by atoms with E-state index in [2.05, 4.69) is 15.9 Å². The number of carbonyl (C=O) groups excluding carboxylic acids is 1. The number of hydrogen-bond donors (Lipinski definition) is 1. The van der Waals surface area contributed by atoms with Crippen molar-refractivity contribution in [1.82, 2.24) is 4.90 Å². The molecule has 0 saturated carbocycles. The largest absolute Gasteiger partial charge is 0.398 e. The number of benzene rings is 1. The first-order chi connectivity index (χ1) is 9.52. The maximum Gasteiger partial charge on any atom is 0.254 e. The molecule has 1 aromatic carbocycles. The van der Waals surface area contributed by atoms with Crippen LogP contribution >= 0.6 is 15.9 Å². The first kappa shape index (κ1) is 15.3. The lowest BCUT2D eigenvalue weighted by Gasteiger charge is -2.25. The van der Waals surface area contributed by atoms with Crippen LogP contribution in [0.25, 0.3) is 0 Å². The fraction of sp³-hybridized carbons (Fsp3) is 0.533. The molecule has 1 aliphatic rings. The molecule has 1 aromatic rings. The van der Waals surface area contributed by atoms with E-state index < -0.39 is 0 Å². The summed E-state index contributed by atoms with van der Waals surface area (Å²) in [6, 6.07) is 3.68. The van der Waals surface area contributed by atoms with Crippen molar-refractivity contribution < 1.29 is 9.53 Å². The second-order valence-electron chi connectivity index (χ2n) is 5.24. The second-order valence-corrected chi connectivity index (χ2v) is 6.16. The normalized spacial score (nSPS) is 18.2. The van der Waals surface area contributed by atoms with Crippen LogP contribution in [0.4, 0.5) is 5.69 Å². The predicted molar refractivity (Wildman–Crippen MR) is 83.8 cm³/mol. The van der Waals surface area contributed by atoms with E-state index in [4.69, 9.17) is 10.5 Å². The molecule has 2 rings (SSSR count). The summed E-state index contributed by atoms with van der Waals surface area (Å²) in [6.45, 7) is 6.90. The van der Waals surface area contributed by atoms with Crippen LogP contribution in [-0.4, -0.2) is 37.1 Å². The van der Waals surface area contributed by atoms with E-state index in [1.807, 2.05) is 30.9 Å². The number of carbonyl (C=O) groups is 1. The first-order valence-electron chi connectivity index (χ1n) is 6.95. The Morgan fingerprint density at radius 1 is 1.55 bits per heavy atom. The van der Waals surface area contributed by atoms with Crippen molar-refractivity contribution in [1.29, 1.82) is 0 Å². The van der Waals surface area contributed by atoms with Gasteiger partial charge in [0, 0.05) is 41.3 Å². The summed E-state index contributed by atoms with van der Waals surface area (Å²) in [5, 5.41) is 0. The molecule has 0 aliphatic carbocycles. The number of ether oxygens (including phenoxy) is 1. The van der Waals surface area contributed by atoms with Crippen molar-refractivity contribution in [2.75, 3.05) is 32.0 Å². The summed E-state index contributed by atoms with van der Waals surface area (Å²) in [5.74, 6) is 0.494. The van der Waals surface area contributed by atoms with Crippen LogP contribution in [0, 0.1) is 12.8 Å². The lowest BCUT2D eigenvalue weighted by atomic mass is 10.0. The van der Waals surface area contributed by atoms with Crippen molar-refractivity contribution in [2.45, 2.75) is 20.3 Å². The van der Waals surface area contributed by atoms with Gasteiger partial charge in [0.1, 0.15) is 0 Å². The molecule has 0 bridgehead atoms. The van der Waals surface area contributed by atoms with Crippen molar-refractivity contribution in [3.05, 3.63) is 27.7 Å². The molecule has 2 N–H and O–H groups in total. The Kier molecular flexibility index (Phi) is 5.05. The number of nitrogens with two attached hydrogens (primary N) is 1. The molecule has 0 aromatic heterocycles. The van der Waals surface area contributed by atoms with E-state index in [1.54, 1.807) is 0 Å². The van der Waals surface area contributed by atoms with E-state index in [0.717, 1.165) is 36.2 Å². The molecular weight excluding hydrogens is 320 g/mol. The van der Waals surface area contributed by atoms with E-state index >= 15 is 0 Å². The highest BCUT2D eigenvalue weighted by Gasteiger charge is 2.23. The average Bonchev–Trinajstić information content (AvgIpc) is 2.92. The number of amides is 1. The molecule has 1 unspecified atom stereocenters. The number of nitrogen functional groups attached to an aromatic ring is 1. The third-order valence-electron chi connectivity index (χ3n) is 3.81. The van der Waals surface area contributed by atoms with Crippen molar-refractivity contribution in [2.24, 2.45) is 5.92 Å². The number of anilines is 1. The number of halogens is 1. The lowest BCUT2D eigenvalue weighted by molar-refractivity contribution is 0.0730. The van der Waals surface area contributed by atoms with Gasteiger partial charge in [0.05, 0.1) is 6.61 Å². The quantitative estimate of drug-likeness (QED) is 0.857. The summed E-state index contributed by atoms with van der Waals surface area (Å²) in [7, 11) is 0. The minimum absolute atomic E-state index is 0.0462. The minimum atomic E-state index is 0.0462. The second kappa shape index (κ2) is 6.59. The SMILES string of the molecule is CCN(CC1CCOC1)C(=O)c1cc(Br)cc(N)c1C. The van der Waals surface area contributed by atoms with Crippen LogP contribution in [0.1, 0.15) is 29.3 Å². The van der Waals surface area contributed by atoms with E-state index in [-0.39, 0.29) is 5.91 Å². The van der Waals surface area contributed by atoms with Gasteiger partial charge >= 0.3 is 0 Å². The molecular formula is C15H21BrN2O2.